The lowest BCUT2D eigenvalue weighted by molar-refractivity contribution is 0.461. The van der Waals surface area contributed by atoms with Crippen LogP contribution in [-0.2, 0) is 0 Å². The van der Waals surface area contributed by atoms with E-state index in [2.05, 4.69) is 38.2 Å². The molecule has 0 radical (unpaired) electrons. The molecule has 1 nitrogen and oxygen atoms in total. The lowest BCUT2D eigenvalue weighted by Crippen LogP contribution is -2.23. The van der Waals surface area contributed by atoms with Crippen molar-refractivity contribution in [3.63, 3.8) is 0 Å². The molecule has 2 rings (SSSR count). The lowest BCUT2D eigenvalue weighted by Gasteiger charge is -2.23. The molecule has 0 aliphatic carbocycles. The second kappa shape index (κ2) is 6.95. The van der Waals surface area contributed by atoms with E-state index in [-0.39, 0.29) is 6.04 Å². The maximum atomic E-state index is 6.31. The van der Waals surface area contributed by atoms with Gasteiger partial charge >= 0.3 is 0 Å². The molecule has 0 saturated heterocycles. The third-order valence-corrected chi connectivity index (χ3v) is 5.13. The Bertz CT molecular complexity index is 580. The first kappa shape index (κ1) is 15.8. The van der Waals surface area contributed by atoms with Crippen LogP contribution >= 0.6 is 34.5 Å². The van der Waals surface area contributed by atoms with Gasteiger partial charge in [-0.05, 0) is 50.1 Å². The summed E-state index contributed by atoms with van der Waals surface area (Å²) in [7, 11) is 0. The Hall–Kier alpha value is -0.540. The molecule has 1 heterocycles. The summed E-state index contributed by atoms with van der Waals surface area (Å²) in [6.07, 6.45) is 0.982. The van der Waals surface area contributed by atoms with Gasteiger partial charge in [0.25, 0.3) is 0 Å². The van der Waals surface area contributed by atoms with Gasteiger partial charge in [-0.1, -0.05) is 36.2 Å². The van der Waals surface area contributed by atoms with E-state index in [0.717, 1.165) is 17.0 Å². The van der Waals surface area contributed by atoms with Crippen molar-refractivity contribution in [2.45, 2.75) is 39.3 Å². The highest BCUT2D eigenvalue weighted by atomic mass is 35.5. The molecule has 2 atom stereocenters. The van der Waals surface area contributed by atoms with Crippen LogP contribution in [-0.4, -0.2) is 0 Å². The maximum absolute atomic E-state index is 6.31. The zero-order valence-corrected chi connectivity index (χ0v) is 14.2. The number of halogens is 2. The van der Waals surface area contributed by atoms with E-state index in [0.29, 0.717) is 11.1 Å². The summed E-state index contributed by atoms with van der Waals surface area (Å²) in [6.45, 7) is 6.49. The fraction of sp³-hybridized carbons (Fsp3) is 0.375. The standard InChI is InChI=1S/C16H19Cl2NS/c1-4-15(13-7-6-12(17)9-14(13)18)19-11(3)16-8-5-10(2)20-16/h5-9,11,15,19H,4H2,1-3H3. The van der Waals surface area contributed by atoms with Crippen molar-refractivity contribution in [1.29, 1.82) is 0 Å². The van der Waals surface area contributed by atoms with Gasteiger partial charge in [0.05, 0.1) is 0 Å². The third-order valence-electron chi connectivity index (χ3n) is 3.39. The van der Waals surface area contributed by atoms with Crippen LogP contribution in [0.5, 0.6) is 0 Å². The molecule has 0 bridgehead atoms. The van der Waals surface area contributed by atoms with Crippen LogP contribution < -0.4 is 5.32 Å². The zero-order chi connectivity index (χ0) is 14.7. The molecule has 0 saturated carbocycles. The fourth-order valence-electron chi connectivity index (χ4n) is 2.28. The monoisotopic (exact) mass is 327 g/mol. The molecule has 2 unspecified atom stereocenters. The first-order valence-electron chi connectivity index (χ1n) is 6.78. The second-order valence-corrected chi connectivity index (χ2v) is 7.13. The van der Waals surface area contributed by atoms with Crippen molar-refractivity contribution < 1.29 is 0 Å². The van der Waals surface area contributed by atoms with Crippen molar-refractivity contribution in [1.82, 2.24) is 5.32 Å². The molecule has 0 spiro atoms. The Labute approximate surface area is 134 Å². The molecule has 1 aromatic carbocycles. The largest absolute Gasteiger partial charge is 0.303 e. The minimum Gasteiger partial charge on any atom is -0.303 e. The summed E-state index contributed by atoms with van der Waals surface area (Å²) in [5, 5.41) is 5.06. The summed E-state index contributed by atoms with van der Waals surface area (Å²) in [6, 6.07) is 10.6. The minimum absolute atomic E-state index is 0.233. The molecule has 0 fully saturated rings. The van der Waals surface area contributed by atoms with Crippen molar-refractivity contribution in [3.8, 4) is 0 Å². The van der Waals surface area contributed by atoms with E-state index >= 15 is 0 Å². The van der Waals surface area contributed by atoms with Gasteiger partial charge in [0.2, 0.25) is 0 Å². The number of nitrogens with one attached hydrogen (secondary N) is 1. The topological polar surface area (TPSA) is 12.0 Å². The van der Waals surface area contributed by atoms with Gasteiger partial charge in [0.15, 0.2) is 0 Å². The number of aryl methyl sites for hydroxylation is 1. The van der Waals surface area contributed by atoms with E-state index in [1.807, 2.05) is 29.5 Å². The number of hydrogen-bond acceptors (Lipinski definition) is 2. The molecular formula is C16H19Cl2NS. The predicted molar refractivity (Wildman–Crippen MR) is 90.1 cm³/mol. The van der Waals surface area contributed by atoms with E-state index in [1.54, 1.807) is 0 Å². The van der Waals surface area contributed by atoms with Gasteiger partial charge in [0.1, 0.15) is 0 Å². The van der Waals surface area contributed by atoms with Crippen molar-refractivity contribution in [3.05, 3.63) is 55.7 Å². The van der Waals surface area contributed by atoms with Crippen LogP contribution in [0.1, 0.15) is 47.7 Å². The smallest absolute Gasteiger partial charge is 0.0468 e. The molecule has 2 aromatic rings. The Morgan fingerprint density at radius 1 is 1.20 bits per heavy atom. The Morgan fingerprint density at radius 2 is 1.95 bits per heavy atom. The number of benzene rings is 1. The minimum atomic E-state index is 0.233. The molecule has 0 aliphatic rings. The summed E-state index contributed by atoms with van der Waals surface area (Å²) < 4.78 is 0. The zero-order valence-electron chi connectivity index (χ0n) is 11.9. The highest BCUT2D eigenvalue weighted by Crippen LogP contribution is 2.31. The van der Waals surface area contributed by atoms with Gasteiger partial charge in [-0.25, -0.2) is 0 Å². The van der Waals surface area contributed by atoms with Crippen LogP contribution in [0.3, 0.4) is 0 Å². The van der Waals surface area contributed by atoms with Gasteiger partial charge in [-0.2, -0.15) is 0 Å². The number of thiophene rings is 1. The Kier molecular flexibility index (Phi) is 5.50. The van der Waals surface area contributed by atoms with E-state index in [1.165, 1.54) is 9.75 Å². The molecule has 1 aromatic heterocycles. The molecule has 1 N–H and O–H groups in total. The second-order valence-electron chi connectivity index (χ2n) is 4.96. The van der Waals surface area contributed by atoms with Gasteiger partial charge in [-0.15, -0.1) is 11.3 Å². The summed E-state index contributed by atoms with van der Waals surface area (Å²) >= 11 is 14.1. The van der Waals surface area contributed by atoms with Crippen LogP contribution in [0, 0.1) is 6.92 Å². The van der Waals surface area contributed by atoms with Gasteiger partial charge in [-0.3, -0.25) is 0 Å². The van der Waals surface area contributed by atoms with Crippen LogP contribution in [0.15, 0.2) is 30.3 Å². The van der Waals surface area contributed by atoms with Crippen LogP contribution in [0.2, 0.25) is 10.0 Å². The third kappa shape index (κ3) is 3.76. The van der Waals surface area contributed by atoms with Crippen molar-refractivity contribution >= 4 is 34.5 Å². The molecule has 0 amide bonds. The van der Waals surface area contributed by atoms with Gasteiger partial charge in [0, 0.05) is 31.9 Å². The average molecular weight is 328 g/mol. The van der Waals surface area contributed by atoms with Crippen LogP contribution in [0.25, 0.3) is 0 Å². The molecule has 0 aliphatic heterocycles. The van der Waals surface area contributed by atoms with Gasteiger partial charge < -0.3 is 5.32 Å². The summed E-state index contributed by atoms with van der Waals surface area (Å²) in [5.41, 5.74) is 1.11. The van der Waals surface area contributed by atoms with E-state index in [4.69, 9.17) is 23.2 Å². The first-order chi connectivity index (χ1) is 9.51. The van der Waals surface area contributed by atoms with Crippen molar-refractivity contribution in [2.24, 2.45) is 0 Å². The predicted octanol–water partition coefficient (Wildman–Crippen LogP) is 6.17. The van der Waals surface area contributed by atoms with E-state index in [9.17, 15) is 0 Å². The fourth-order valence-corrected chi connectivity index (χ4v) is 3.71. The maximum Gasteiger partial charge on any atom is 0.0468 e. The quantitative estimate of drug-likeness (QED) is 0.692. The lowest BCUT2D eigenvalue weighted by atomic mass is 10.0. The molecular weight excluding hydrogens is 309 g/mol. The normalized spacial score (nSPS) is 14.2. The Morgan fingerprint density at radius 3 is 2.50 bits per heavy atom. The number of hydrogen-bond donors (Lipinski definition) is 1. The highest BCUT2D eigenvalue weighted by molar-refractivity contribution is 7.12. The highest BCUT2D eigenvalue weighted by Gasteiger charge is 2.17. The molecule has 4 heteroatoms. The number of rotatable bonds is 5. The molecule has 20 heavy (non-hydrogen) atoms. The first-order valence-corrected chi connectivity index (χ1v) is 8.35. The van der Waals surface area contributed by atoms with Crippen molar-refractivity contribution in [2.75, 3.05) is 0 Å². The average Bonchev–Trinajstić information content (AvgIpc) is 2.83. The SMILES string of the molecule is CCC(NC(C)c1ccc(C)s1)c1ccc(Cl)cc1Cl. The van der Waals surface area contributed by atoms with Crippen LogP contribution in [0.4, 0.5) is 0 Å². The summed E-state index contributed by atoms with van der Waals surface area (Å²) in [5.74, 6) is 0. The Balaban J connectivity index is 2.16. The van der Waals surface area contributed by atoms with E-state index < -0.39 is 0 Å². The summed E-state index contributed by atoms with van der Waals surface area (Å²) in [4.78, 5) is 2.69. The molecule has 108 valence electrons.